The number of nitrogens with zero attached hydrogens (tertiary/aromatic N) is 1. The molecule has 10 heteroatoms. The number of ether oxygens (including phenoxy) is 2. The Hall–Kier alpha value is -4.25. The smallest absolute Gasteiger partial charge is 0.255 e. The van der Waals surface area contributed by atoms with E-state index < -0.39 is 18.2 Å². The fourth-order valence-electron chi connectivity index (χ4n) is 6.45. The van der Waals surface area contributed by atoms with E-state index in [9.17, 15) is 19.5 Å². The van der Waals surface area contributed by atoms with E-state index in [0.29, 0.717) is 62.4 Å². The number of likely N-dealkylation sites (tertiary alicyclic amines) is 1. The first-order valence-corrected chi connectivity index (χ1v) is 15.7. The molecule has 0 radical (unpaired) electrons. The van der Waals surface area contributed by atoms with E-state index in [1.165, 1.54) is 6.92 Å². The number of rotatable bonds is 4. The zero-order valence-electron chi connectivity index (χ0n) is 25.4. The molecule has 0 unspecified atom stereocenters. The molecule has 3 aliphatic rings. The van der Waals surface area contributed by atoms with Crippen LogP contribution in [0.25, 0.3) is 11.1 Å². The normalized spacial score (nSPS) is 25.8. The third kappa shape index (κ3) is 7.53. The van der Waals surface area contributed by atoms with Gasteiger partial charge in [0, 0.05) is 44.7 Å². The molecule has 0 aliphatic carbocycles. The minimum Gasteiger partial charge on any atom is -0.493 e. The Kier molecular flexibility index (Phi) is 9.44. The highest BCUT2D eigenvalue weighted by atomic mass is 16.5. The minimum atomic E-state index is -0.663. The number of nitrogens with one attached hydrogen (secondary N) is 3. The van der Waals surface area contributed by atoms with Crippen molar-refractivity contribution in [1.29, 1.82) is 0 Å². The molecule has 5 atom stereocenters. The Bertz CT molecular complexity index is 1510. The highest BCUT2D eigenvalue weighted by Crippen LogP contribution is 2.30. The Morgan fingerprint density at radius 1 is 1.00 bits per heavy atom. The van der Waals surface area contributed by atoms with Crippen molar-refractivity contribution >= 4 is 23.4 Å². The number of hydrogen-bond acceptors (Lipinski definition) is 7. The number of hydrogen-bond donors (Lipinski definition) is 4. The van der Waals surface area contributed by atoms with E-state index in [0.717, 1.165) is 16.7 Å². The fraction of sp³-hybridized carbons (Fsp3) is 0.400. The van der Waals surface area contributed by atoms with Gasteiger partial charge in [0.05, 0.1) is 30.4 Å². The molecule has 2 fully saturated rings. The highest BCUT2D eigenvalue weighted by molar-refractivity contribution is 5.98. The summed E-state index contributed by atoms with van der Waals surface area (Å²) in [4.78, 5) is 40.8. The van der Waals surface area contributed by atoms with Gasteiger partial charge in [-0.2, -0.15) is 0 Å². The molecule has 2 saturated heterocycles. The minimum absolute atomic E-state index is 0.134. The molecule has 6 rings (SSSR count). The molecule has 0 aromatic heterocycles. The summed E-state index contributed by atoms with van der Waals surface area (Å²) in [5.41, 5.74) is 4.08. The van der Waals surface area contributed by atoms with Gasteiger partial charge in [-0.1, -0.05) is 48.5 Å². The van der Waals surface area contributed by atoms with Gasteiger partial charge in [-0.05, 0) is 60.2 Å². The summed E-state index contributed by atoms with van der Waals surface area (Å²) in [5, 5.41) is 19.6. The molecule has 3 aromatic carbocycles. The summed E-state index contributed by atoms with van der Waals surface area (Å²) in [5.74, 6) is -0.0614. The van der Waals surface area contributed by atoms with Gasteiger partial charge in [0.25, 0.3) is 5.91 Å². The van der Waals surface area contributed by atoms with Crippen molar-refractivity contribution in [2.24, 2.45) is 0 Å². The zero-order valence-corrected chi connectivity index (χ0v) is 25.4. The van der Waals surface area contributed by atoms with Gasteiger partial charge >= 0.3 is 0 Å². The first-order valence-electron chi connectivity index (χ1n) is 15.7. The molecule has 4 bridgehead atoms. The van der Waals surface area contributed by atoms with Gasteiger partial charge in [-0.15, -0.1) is 0 Å². The molecule has 45 heavy (non-hydrogen) atoms. The van der Waals surface area contributed by atoms with Crippen molar-refractivity contribution in [2.75, 3.05) is 25.0 Å². The molecule has 236 valence electrons. The average Bonchev–Trinajstić information content (AvgIpc) is 3.43. The lowest BCUT2D eigenvalue weighted by Crippen LogP contribution is -2.50. The van der Waals surface area contributed by atoms with E-state index in [1.807, 2.05) is 66.7 Å². The van der Waals surface area contributed by atoms with Gasteiger partial charge in [0.1, 0.15) is 11.9 Å². The third-order valence-corrected chi connectivity index (χ3v) is 8.79. The molecule has 3 heterocycles. The van der Waals surface area contributed by atoms with Crippen LogP contribution in [0.1, 0.15) is 48.5 Å². The molecule has 3 aliphatic heterocycles. The van der Waals surface area contributed by atoms with Gasteiger partial charge in [0.2, 0.25) is 11.8 Å². The molecule has 3 amide bonds. The molecule has 0 spiro atoms. The maximum Gasteiger partial charge on any atom is 0.255 e. The van der Waals surface area contributed by atoms with Crippen LogP contribution in [0.3, 0.4) is 0 Å². The van der Waals surface area contributed by atoms with Gasteiger partial charge in [-0.3, -0.25) is 19.3 Å². The van der Waals surface area contributed by atoms with Crippen LogP contribution in [0.5, 0.6) is 5.75 Å². The SMILES string of the molecule is CC(=O)Nc1ccc(CN2C[C@@H]3C[C@H]2C(=O)NC[C@H]2O[C@H](CCOc4cc(-c5ccccc5)ccc4C(=O)N3)CC[C@@H]2O)cc1. The first kappa shape index (κ1) is 30.8. The number of carbonyl (C=O) groups is 3. The zero-order chi connectivity index (χ0) is 31.3. The number of benzene rings is 3. The highest BCUT2D eigenvalue weighted by Gasteiger charge is 2.39. The van der Waals surface area contributed by atoms with E-state index in [2.05, 4.69) is 20.9 Å². The molecular formula is C35H40N4O6. The number of aliphatic hydroxyl groups excluding tert-OH is 1. The number of carbonyl (C=O) groups excluding carboxylic acids is 3. The maximum absolute atomic E-state index is 13.7. The molecule has 10 nitrogen and oxygen atoms in total. The maximum atomic E-state index is 13.7. The predicted octanol–water partition coefficient (Wildman–Crippen LogP) is 3.49. The van der Waals surface area contributed by atoms with Crippen LogP contribution in [-0.2, 0) is 20.9 Å². The van der Waals surface area contributed by atoms with Crippen LogP contribution >= 0.6 is 0 Å². The van der Waals surface area contributed by atoms with E-state index in [1.54, 1.807) is 6.07 Å². The first-order chi connectivity index (χ1) is 21.8. The van der Waals surface area contributed by atoms with E-state index in [4.69, 9.17) is 9.47 Å². The number of fused-ring (bicyclic) bond motifs is 5. The lowest BCUT2D eigenvalue weighted by atomic mass is 9.99. The van der Waals surface area contributed by atoms with Crippen molar-refractivity contribution < 1.29 is 29.0 Å². The number of anilines is 1. The van der Waals surface area contributed by atoms with Gasteiger partial charge < -0.3 is 30.5 Å². The largest absolute Gasteiger partial charge is 0.493 e. The Balaban J connectivity index is 1.27. The summed E-state index contributed by atoms with van der Waals surface area (Å²) in [6, 6.07) is 22.3. The van der Waals surface area contributed by atoms with Crippen LogP contribution in [-0.4, -0.2) is 77.8 Å². The third-order valence-electron chi connectivity index (χ3n) is 8.79. The number of aliphatic hydroxyl groups is 1. The van der Waals surface area contributed by atoms with Crippen LogP contribution in [0.4, 0.5) is 5.69 Å². The topological polar surface area (TPSA) is 129 Å². The molecular weight excluding hydrogens is 572 g/mol. The standard InChI is InChI=1S/C35H40N4O6/c1-22(40)37-26-10-7-23(8-11-26)20-39-21-27-18-30(39)35(43)36-19-33-31(41)14-12-28(45-33)15-16-44-32-17-25(24-5-3-2-4-6-24)9-13-29(32)34(42)38-27/h2-11,13,17,27-28,30-31,33,41H,12,14-16,18-21H2,1H3,(H,36,43)(H,37,40)(H,38,42)/t27-,28-,30-,31-,33+/m0/s1. The summed E-state index contributed by atoms with van der Waals surface area (Å²) >= 11 is 0. The quantitative estimate of drug-likeness (QED) is 0.355. The van der Waals surface area contributed by atoms with Crippen LogP contribution < -0.4 is 20.7 Å². The molecule has 4 N–H and O–H groups in total. The van der Waals surface area contributed by atoms with Crippen LogP contribution in [0.2, 0.25) is 0 Å². The lowest BCUT2D eigenvalue weighted by molar-refractivity contribution is -0.133. The van der Waals surface area contributed by atoms with Crippen molar-refractivity contribution in [3.8, 4) is 16.9 Å². The Morgan fingerprint density at radius 2 is 1.80 bits per heavy atom. The van der Waals surface area contributed by atoms with E-state index in [-0.39, 0.29) is 36.4 Å². The summed E-state index contributed by atoms with van der Waals surface area (Å²) < 4.78 is 12.5. The molecule has 3 aromatic rings. The summed E-state index contributed by atoms with van der Waals surface area (Å²) in [7, 11) is 0. The van der Waals surface area contributed by atoms with Crippen molar-refractivity contribution in [2.45, 2.75) is 69.5 Å². The van der Waals surface area contributed by atoms with Gasteiger partial charge in [0.15, 0.2) is 0 Å². The van der Waals surface area contributed by atoms with Crippen molar-refractivity contribution in [3.63, 3.8) is 0 Å². The summed E-state index contributed by atoms with van der Waals surface area (Å²) in [6.45, 7) is 2.96. The Morgan fingerprint density at radius 3 is 2.58 bits per heavy atom. The summed E-state index contributed by atoms with van der Waals surface area (Å²) in [6.07, 6.45) is 0.975. The second-order valence-electron chi connectivity index (χ2n) is 12.1. The monoisotopic (exact) mass is 612 g/mol. The Labute approximate surface area is 263 Å². The average molecular weight is 613 g/mol. The van der Waals surface area contributed by atoms with E-state index >= 15 is 0 Å². The molecule has 0 saturated carbocycles. The second kappa shape index (κ2) is 13.8. The van der Waals surface area contributed by atoms with Gasteiger partial charge in [-0.25, -0.2) is 0 Å². The second-order valence-corrected chi connectivity index (χ2v) is 12.1. The number of amides is 3. The lowest BCUT2D eigenvalue weighted by Gasteiger charge is -2.34. The van der Waals surface area contributed by atoms with Crippen LogP contribution in [0, 0.1) is 0 Å². The van der Waals surface area contributed by atoms with Crippen molar-refractivity contribution in [3.05, 3.63) is 83.9 Å². The fourth-order valence-corrected chi connectivity index (χ4v) is 6.45. The predicted molar refractivity (Wildman–Crippen MR) is 170 cm³/mol. The van der Waals surface area contributed by atoms with Crippen LogP contribution in [0.15, 0.2) is 72.8 Å². The van der Waals surface area contributed by atoms with Crippen molar-refractivity contribution in [1.82, 2.24) is 15.5 Å².